The molecule has 0 radical (unpaired) electrons. The molecule has 2 aliphatic carbocycles. The van der Waals surface area contributed by atoms with E-state index in [2.05, 4.69) is 10.3 Å². The van der Waals surface area contributed by atoms with Gasteiger partial charge in [0, 0.05) is 30.4 Å². The molecule has 2 unspecified atom stereocenters. The first-order chi connectivity index (χ1) is 11.8. The SMILES string of the molecule is O=C(NCc1ccccc1OCC1CC1)C1CC1c1cccnc1. The van der Waals surface area contributed by atoms with Gasteiger partial charge < -0.3 is 10.1 Å². The molecule has 1 heterocycles. The molecule has 2 fully saturated rings. The lowest BCUT2D eigenvalue weighted by Gasteiger charge is -2.12. The molecule has 0 aliphatic heterocycles. The molecule has 1 amide bonds. The van der Waals surface area contributed by atoms with Crippen molar-refractivity contribution in [3.8, 4) is 5.75 Å². The van der Waals surface area contributed by atoms with Crippen molar-refractivity contribution in [2.75, 3.05) is 6.61 Å². The Morgan fingerprint density at radius 2 is 2.08 bits per heavy atom. The van der Waals surface area contributed by atoms with Crippen LogP contribution < -0.4 is 10.1 Å². The summed E-state index contributed by atoms with van der Waals surface area (Å²) in [6.07, 6.45) is 7.09. The van der Waals surface area contributed by atoms with Crippen molar-refractivity contribution in [2.24, 2.45) is 11.8 Å². The maximum Gasteiger partial charge on any atom is 0.224 e. The molecule has 2 aliphatic rings. The first-order valence-electron chi connectivity index (χ1n) is 8.69. The molecular formula is C20H22N2O2. The summed E-state index contributed by atoms with van der Waals surface area (Å²) in [6.45, 7) is 1.31. The number of benzene rings is 1. The third kappa shape index (κ3) is 3.58. The number of hydrogen-bond acceptors (Lipinski definition) is 3. The van der Waals surface area contributed by atoms with E-state index in [4.69, 9.17) is 4.74 Å². The summed E-state index contributed by atoms with van der Waals surface area (Å²) in [7, 11) is 0. The van der Waals surface area contributed by atoms with Crippen molar-refractivity contribution in [2.45, 2.75) is 31.7 Å². The molecule has 4 heteroatoms. The summed E-state index contributed by atoms with van der Waals surface area (Å²) >= 11 is 0. The summed E-state index contributed by atoms with van der Waals surface area (Å²) in [4.78, 5) is 16.5. The molecule has 0 saturated heterocycles. The van der Waals surface area contributed by atoms with Crippen LogP contribution in [0, 0.1) is 11.8 Å². The van der Waals surface area contributed by atoms with Crippen LogP contribution in [-0.4, -0.2) is 17.5 Å². The molecular weight excluding hydrogens is 300 g/mol. The Morgan fingerprint density at radius 1 is 1.21 bits per heavy atom. The standard InChI is InChI=1S/C20H22N2O2/c23-20(18-10-17(18)15-5-3-9-21-11-15)22-12-16-4-1-2-6-19(16)24-13-14-7-8-14/h1-6,9,11,14,17-18H,7-8,10,12-13H2,(H,22,23). The molecule has 4 nitrogen and oxygen atoms in total. The number of nitrogens with zero attached hydrogens (tertiary/aromatic N) is 1. The monoisotopic (exact) mass is 322 g/mol. The molecule has 124 valence electrons. The van der Waals surface area contributed by atoms with Crippen LogP contribution >= 0.6 is 0 Å². The Hall–Kier alpha value is -2.36. The normalized spacial score (nSPS) is 22.0. The molecule has 1 aromatic carbocycles. The van der Waals surface area contributed by atoms with Crippen LogP contribution in [-0.2, 0) is 11.3 Å². The van der Waals surface area contributed by atoms with E-state index in [1.54, 1.807) is 6.20 Å². The van der Waals surface area contributed by atoms with Crippen molar-refractivity contribution in [1.29, 1.82) is 0 Å². The van der Waals surface area contributed by atoms with E-state index in [0.717, 1.165) is 35.8 Å². The minimum atomic E-state index is 0.0775. The molecule has 1 aromatic heterocycles. The molecule has 1 N–H and O–H groups in total. The van der Waals surface area contributed by atoms with Gasteiger partial charge in [-0.15, -0.1) is 0 Å². The maximum atomic E-state index is 12.4. The lowest BCUT2D eigenvalue weighted by Crippen LogP contribution is -2.25. The number of rotatable bonds is 7. The summed E-state index contributed by atoms with van der Waals surface area (Å²) < 4.78 is 5.90. The summed E-state index contributed by atoms with van der Waals surface area (Å²) in [5.41, 5.74) is 2.20. The highest BCUT2D eigenvalue weighted by molar-refractivity contribution is 5.82. The molecule has 24 heavy (non-hydrogen) atoms. The Morgan fingerprint density at radius 3 is 2.88 bits per heavy atom. The summed E-state index contributed by atoms with van der Waals surface area (Å²) in [5, 5.41) is 3.06. The smallest absolute Gasteiger partial charge is 0.224 e. The summed E-state index contributed by atoms with van der Waals surface area (Å²) in [5.74, 6) is 2.14. The van der Waals surface area contributed by atoms with Crippen LogP contribution in [0.5, 0.6) is 5.75 Å². The van der Waals surface area contributed by atoms with Gasteiger partial charge in [0.25, 0.3) is 0 Å². The zero-order valence-corrected chi connectivity index (χ0v) is 13.7. The molecule has 2 atom stereocenters. The average molecular weight is 322 g/mol. The van der Waals surface area contributed by atoms with E-state index in [-0.39, 0.29) is 11.8 Å². The van der Waals surface area contributed by atoms with Gasteiger partial charge in [0.1, 0.15) is 5.75 Å². The van der Waals surface area contributed by atoms with Gasteiger partial charge in [0.05, 0.1) is 6.61 Å². The fourth-order valence-corrected chi connectivity index (χ4v) is 3.04. The lowest BCUT2D eigenvalue weighted by atomic mass is 10.1. The highest BCUT2D eigenvalue weighted by Gasteiger charge is 2.43. The van der Waals surface area contributed by atoms with Gasteiger partial charge >= 0.3 is 0 Å². The second-order valence-corrected chi connectivity index (χ2v) is 6.81. The quantitative estimate of drug-likeness (QED) is 0.851. The first-order valence-corrected chi connectivity index (χ1v) is 8.69. The minimum absolute atomic E-state index is 0.0775. The number of pyridine rings is 1. The van der Waals surface area contributed by atoms with Gasteiger partial charge in [-0.2, -0.15) is 0 Å². The number of nitrogens with one attached hydrogen (secondary N) is 1. The topological polar surface area (TPSA) is 51.2 Å². The van der Waals surface area contributed by atoms with Crippen molar-refractivity contribution >= 4 is 5.91 Å². The van der Waals surface area contributed by atoms with Gasteiger partial charge in [-0.25, -0.2) is 0 Å². The number of amides is 1. The highest BCUT2D eigenvalue weighted by Crippen LogP contribution is 2.47. The van der Waals surface area contributed by atoms with Gasteiger partial charge in [0.15, 0.2) is 0 Å². The van der Waals surface area contributed by atoms with Crippen molar-refractivity contribution < 1.29 is 9.53 Å². The molecule has 0 spiro atoms. The average Bonchev–Trinajstić information content (AvgIpc) is 3.53. The van der Waals surface area contributed by atoms with E-state index < -0.39 is 0 Å². The van der Waals surface area contributed by atoms with Crippen LogP contribution in [0.2, 0.25) is 0 Å². The van der Waals surface area contributed by atoms with E-state index in [1.165, 1.54) is 12.8 Å². The first kappa shape index (κ1) is 15.2. The van der Waals surface area contributed by atoms with Crippen molar-refractivity contribution in [1.82, 2.24) is 10.3 Å². The zero-order chi connectivity index (χ0) is 16.4. The fraction of sp³-hybridized carbons (Fsp3) is 0.400. The Bertz CT molecular complexity index is 713. The van der Waals surface area contributed by atoms with Crippen LogP contribution in [0.3, 0.4) is 0 Å². The predicted molar refractivity (Wildman–Crippen MR) is 91.6 cm³/mol. The number of carbonyl (C=O) groups is 1. The van der Waals surface area contributed by atoms with Gasteiger partial charge in [0.2, 0.25) is 5.91 Å². The van der Waals surface area contributed by atoms with Crippen molar-refractivity contribution in [3.63, 3.8) is 0 Å². The minimum Gasteiger partial charge on any atom is -0.493 e. The molecule has 0 bridgehead atoms. The maximum absolute atomic E-state index is 12.4. The van der Waals surface area contributed by atoms with E-state index in [0.29, 0.717) is 12.5 Å². The third-order valence-electron chi connectivity index (χ3n) is 4.84. The van der Waals surface area contributed by atoms with E-state index >= 15 is 0 Å². The Labute approximate surface area is 142 Å². The predicted octanol–water partition coefficient (Wildman–Crippen LogP) is 3.29. The Balaban J connectivity index is 1.31. The van der Waals surface area contributed by atoms with Crippen LogP contribution in [0.25, 0.3) is 0 Å². The van der Waals surface area contributed by atoms with Crippen LogP contribution in [0.4, 0.5) is 0 Å². The number of aromatic nitrogens is 1. The van der Waals surface area contributed by atoms with Gasteiger partial charge in [-0.3, -0.25) is 9.78 Å². The fourth-order valence-electron chi connectivity index (χ4n) is 3.04. The number of hydrogen-bond donors (Lipinski definition) is 1. The molecule has 4 rings (SSSR count). The van der Waals surface area contributed by atoms with Crippen molar-refractivity contribution in [3.05, 3.63) is 59.9 Å². The van der Waals surface area contributed by atoms with Gasteiger partial charge in [-0.05, 0) is 48.8 Å². The third-order valence-corrected chi connectivity index (χ3v) is 4.84. The number of carbonyl (C=O) groups excluding carboxylic acids is 1. The van der Waals surface area contributed by atoms with E-state index in [9.17, 15) is 4.79 Å². The largest absolute Gasteiger partial charge is 0.493 e. The van der Waals surface area contributed by atoms with Crippen LogP contribution in [0.15, 0.2) is 48.8 Å². The van der Waals surface area contributed by atoms with E-state index in [1.807, 2.05) is 42.6 Å². The second kappa shape index (κ2) is 6.63. The molecule has 2 saturated carbocycles. The zero-order valence-electron chi connectivity index (χ0n) is 13.7. The molecule has 2 aromatic rings. The number of para-hydroxylation sites is 1. The highest BCUT2D eigenvalue weighted by atomic mass is 16.5. The second-order valence-electron chi connectivity index (χ2n) is 6.81. The lowest BCUT2D eigenvalue weighted by molar-refractivity contribution is -0.122. The summed E-state index contributed by atoms with van der Waals surface area (Å²) in [6, 6.07) is 11.9. The Kier molecular flexibility index (Phi) is 4.20. The number of ether oxygens (including phenoxy) is 1. The van der Waals surface area contributed by atoms with Crippen LogP contribution in [0.1, 0.15) is 36.3 Å². The van der Waals surface area contributed by atoms with Gasteiger partial charge in [-0.1, -0.05) is 24.3 Å².